The Hall–Kier alpha value is -1.21. The van der Waals surface area contributed by atoms with Crippen molar-refractivity contribution in [3.8, 4) is 11.8 Å². The largest absolute Gasteiger partial charge is 0.444 e. The molecular formula is C20H33NO3. The van der Waals surface area contributed by atoms with Gasteiger partial charge < -0.3 is 14.7 Å². The number of piperidine rings is 1. The normalized spacial score (nSPS) is 29.1. The summed E-state index contributed by atoms with van der Waals surface area (Å²) in [6, 6.07) is 0.177. The molecule has 0 aromatic carbocycles. The number of ether oxygens (including phenoxy) is 1. The van der Waals surface area contributed by atoms with Crippen LogP contribution in [0.3, 0.4) is 0 Å². The second-order valence-corrected chi connectivity index (χ2v) is 8.39. The Bertz CT molecular complexity index is 483. The lowest BCUT2D eigenvalue weighted by Crippen LogP contribution is -2.54. The topological polar surface area (TPSA) is 49.8 Å². The highest BCUT2D eigenvalue weighted by Crippen LogP contribution is 2.42. The second-order valence-electron chi connectivity index (χ2n) is 8.39. The Morgan fingerprint density at radius 3 is 2.38 bits per heavy atom. The Kier molecular flexibility index (Phi) is 6.20. The van der Waals surface area contributed by atoms with Gasteiger partial charge in [0, 0.05) is 24.9 Å². The fraction of sp³-hybridized carbons (Fsp3) is 0.850. The van der Waals surface area contributed by atoms with Gasteiger partial charge in [0.15, 0.2) is 0 Å². The van der Waals surface area contributed by atoms with E-state index in [0.717, 1.165) is 25.7 Å². The maximum absolute atomic E-state index is 12.4. The molecular weight excluding hydrogens is 302 g/mol. The van der Waals surface area contributed by atoms with Gasteiger partial charge in [-0.1, -0.05) is 19.8 Å². The molecule has 0 aromatic rings. The van der Waals surface area contributed by atoms with Gasteiger partial charge in [-0.05, 0) is 52.9 Å². The Morgan fingerprint density at radius 1 is 1.21 bits per heavy atom. The third-order valence-electron chi connectivity index (χ3n) is 4.90. The fourth-order valence-electron chi connectivity index (χ4n) is 3.86. The zero-order valence-corrected chi connectivity index (χ0v) is 15.7. The number of hydrogen-bond donors (Lipinski definition) is 1. The predicted molar refractivity (Wildman–Crippen MR) is 95.6 cm³/mol. The molecule has 2 rings (SSSR count). The molecule has 2 unspecified atom stereocenters. The van der Waals surface area contributed by atoms with Gasteiger partial charge in [0.1, 0.15) is 5.60 Å². The van der Waals surface area contributed by atoms with E-state index >= 15 is 0 Å². The van der Waals surface area contributed by atoms with Crippen molar-refractivity contribution in [2.24, 2.45) is 0 Å². The van der Waals surface area contributed by atoms with Crippen molar-refractivity contribution < 1.29 is 14.6 Å². The molecule has 1 amide bonds. The fourth-order valence-corrected chi connectivity index (χ4v) is 3.86. The maximum atomic E-state index is 12.4. The molecule has 2 bridgehead atoms. The van der Waals surface area contributed by atoms with Gasteiger partial charge >= 0.3 is 6.09 Å². The number of nitrogens with zero attached hydrogens (tertiary/aromatic N) is 1. The lowest BCUT2D eigenvalue weighted by atomic mass is 9.84. The van der Waals surface area contributed by atoms with E-state index < -0.39 is 11.2 Å². The molecule has 24 heavy (non-hydrogen) atoms. The minimum absolute atomic E-state index is 0.0884. The van der Waals surface area contributed by atoms with Crippen molar-refractivity contribution in [3.63, 3.8) is 0 Å². The summed E-state index contributed by atoms with van der Waals surface area (Å²) in [7, 11) is 0. The average molecular weight is 335 g/mol. The molecule has 2 saturated heterocycles. The van der Waals surface area contributed by atoms with Crippen molar-refractivity contribution in [2.45, 2.75) is 109 Å². The zero-order chi connectivity index (χ0) is 17.8. The number of hydrogen-bond acceptors (Lipinski definition) is 3. The van der Waals surface area contributed by atoms with Gasteiger partial charge in [-0.25, -0.2) is 4.79 Å². The molecule has 2 heterocycles. The number of rotatable bonds is 4. The van der Waals surface area contributed by atoms with E-state index in [1.165, 1.54) is 12.8 Å². The molecule has 2 aliphatic rings. The van der Waals surface area contributed by atoms with Crippen LogP contribution in [0.4, 0.5) is 4.79 Å². The SMILES string of the molecule is CCCCCC#CCC1(O)CC2CCC(C1)N2C(=O)OC(C)(C)C. The average Bonchev–Trinajstić information content (AvgIpc) is 2.74. The number of fused-ring (bicyclic) bond motifs is 2. The standard InChI is InChI=1S/C20H33NO3/c1-5-6-7-8-9-10-13-20(23)14-16-11-12-17(15-20)21(16)18(22)24-19(2,3)4/h16-17,23H,5-8,11-15H2,1-4H3. The summed E-state index contributed by atoms with van der Waals surface area (Å²) >= 11 is 0. The predicted octanol–water partition coefficient (Wildman–Crippen LogP) is 4.25. The minimum atomic E-state index is -0.748. The number of amides is 1. The van der Waals surface area contributed by atoms with Crippen LogP contribution in [0, 0.1) is 11.8 Å². The van der Waals surface area contributed by atoms with Crippen LogP contribution in [0.5, 0.6) is 0 Å². The van der Waals surface area contributed by atoms with Gasteiger partial charge in [-0.15, -0.1) is 11.8 Å². The number of aliphatic hydroxyl groups is 1. The first-order valence-corrected chi connectivity index (χ1v) is 9.43. The lowest BCUT2D eigenvalue weighted by molar-refractivity contribution is -0.0555. The molecule has 4 heteroatoms. The summed E-state index contributed by atoms with van der Waals surface area (Å²) < 4.78 is 5.54. The molecule has 2 fully saturated rings. The summed E-state index contributed by atoms with van der Waals surface area (Å²) in [6.45, 7) is 7.86. The van der Waals surface area contributed by atoms with Gasteiger partial charge in [-0.3, -0.25) is 0 Å². The van der Waals surface area contributed by atoms with Crippen LogP contribution >= 0.6 is 0 Å². The summed E-state index contributed by atoms with van der Waals surface area (Å²) in [4.78, 5) is 14.3. The van der Waals surface area contributed by atoms with Crippen molar-refractivity contribution in [1.29, 1.82) is 0 Å². The van der Waals surface area contributed by atoms with Gasteiger partial charge in [0.05, 0.1) is 5.60 Å². The number of unbranched alkanes of at least 4 members (excludes halogenated alkanes) is 3. The van der Waals surface area contributed by atoms with Crippen molar-refractivity contribution in [2.75, 3.05) is 0 Å². The van der Waals surface area contributed by atoms with E-state index in [9.17, 15) is 9.90 Å². The highest BCUT2D eigenvalue weighted by atomic mass is 16.6. The number of carbonyl (C=O) groups is 1. The highest BCUT2D eigenvalue weighted by Gasteiger charge is 2.50. The van der Waals surface area contributed by atoms with Gasteiger partial charge in [0.25, 0.3) is 0 Å². The third kappa shape index (κ3) is 5.14. The molecule has 136 valence electrons. The second kappa shape index (κ2) is 7.78. The first-order valence-electron chi connectivity index (χ1n) is 9.43. The van der Waals surface area contributed by atoms with Crippen molar-refractivity contribution in [3.05, 3.63) is 0 Å². The van der Waals surface area contributed by atoms with E-state index in [1.54, 1.807) is 0 Å². The number of carbonyl (C=O) groups excluding carboxylic acids is 1. The molecule has 2 aliphatic heterocycles. The third-order valence-corrected chi connectivity index (χ3v) is 4.90. The summed E-state index contributed by atoms with van der Waals surface area (Å²) in [5.41, 5.74) is -1.23. The molecule has 0 aliphatic carbocycles. The van der Waals surface area contributed by atoms with E-state index in [-0.39, 0.29) is 18.2 Å². The molecule has 0 spiro atoms. The first-order chi connectivity index (χ1) is 11.2. The molecule has 0 saturated carbocycles. The minimum Gasteiger partial charge on any atom is -0.444 e. The molecule has 0 radical (unpaired) electrons. The van der Waals surface area contributed by atoms with Crippen LogP contribution in [-0.4, -0.2) is 39.4 Å². The summed E-state index contributed by atoms with van der Waals surface area (Å²) in [6.07, 6.45) is 7.91. The van der Waals surface area contributed by atoms with E-state index in [4.69, 9.17) is 4.74 Å². The van der Waals surface area contributed by atoms with Crippen LogP contribution in [0.1, 0.15) is 85.5 Å². The van der Waals surface area contributed by atoms with Crippen LogP contribution in [0.15, 0.2) is 0 Å². The van der Waals surface area contributed by atoms with E-state index in [2.05, 4.69) is 18.8 Å². The Morgan fingerprint density at radius 2 is 1.83 bits per heavy atom. The van der Waals surface area contributed by atoms with Crippen LogP contribution < -0.4 is 0 Å². The van der Waals surface area contributed by atoms with E-state index in [1.807, 2.05) is 25.7 Å². The van der Waals surface area contributed by atoms with Crippen molar-refractivity contribution in [1.82, 2.24) is 4.90 Å². The summed E-state index contributed by atoms with van der Waals surface area (Å²) in [5, 5.41) is 10.9. The Balaban J connectivity index is 1.90. The van der Waals surface area contributed by atoms with E-state index in [0.29, 0.717) is 19.3 Å². The molecule has 1 N–H and O–H groups in total. The maximum Gasteiger partial charge on any atom is 0.410 e. The summed E-state index contributed by atoms with van der Waals surface area (Å²) in [5.74, 6) is 6.36. The van der Waals surface area contributed by atoms with Crippen LogP contribution in [0.2, 0.25) is 0 Å². The first kappa shape index (κ1) is 19.1. The lowest BCUT2D eigenvalue weighted by Gasteiger charge is -2.43. The molecule has 2 atom stereocenters. The van der Waals surface area contributed by atoms with Gasteiger partial charge in [0.2, 0.25) is 0 Å². The highest BCUT2D eigenvalue weighted by molar-refractivity contribution is 5.69. The zero-order valence-electron chi connectivity index (χ0n) is 15.7. The molecule has 0 aromatic heterocycles. The van der Waals surface area contributed by atoms with Crippen LogP contribution in [0.25, 0.3) is 0 Å². The van der Waals surface area contributed by atoms with Gasteiger partial charge in [-0.2, -0.15) is 0 Å². The van der Waals surface area contributed by atoms with Crippen molar-refractivity contribution >= 4 is 6.09 Å². The monoisotopic (exact) mass is 335 g/mol. The Labute approximate surface area is 146 Å². The molecule has 4 nitrogen and oxygen atoms in total. The smallest absolute Gasteiger partial charge is 0.410 e. The van der Waals surface area contributed by atoms with Crippen LogP contribution in [-0.2, 0) is 4.74 Å². The quantitative estimate of drug-likeness (QED) is 0.617.